The maximum atomic E-state index is 12.1. The third-order valence-electron chi connectivity index (χ3n) is 2.61. The van der Waals surface area contributed by atoms with Gasteiger partial charge in [-0.15, -0.1) is 0 Å². The van der Waals surface area contributed by atoms with Crippen LogP contribution in [-0.4, -0.2) is 26.6 Å². The van der Waals surface area contributed by atoms with Crippen molar-refractivity contribution < 1.29 is 13.2 Å². The summed E-state index contributed by atoms with van der Waals surface area (Å²) in [5.74, 6) is -0.221. The number of hydrogen-bond donors (Lipinski definition) is 2. The summed E-state index contributed by atoms with van der Waals surface area (Å²) >= 11 is 0. The summed E-state index contributed by atoms with van der Waals surface area (Å²) in [5, 5.41) is 3.05. The molecule has 6 heteroatoms. The normalized spacial score (nSPS) is 11.2. The number of sulfone groups is 1. The molecule has 0 unspecified atom stereocenters. The summed E-state index contributed by atoms with van der Waals surface area (Å²) in [6.45, 7) is 2.35. The van der Waals surface area contributed by atoms with E-state index in [1.165, 1.54) is 0 Å². The minimum atomic E-state index is -3.25. The Morgan fingerprint density at radius 2 is 2.00 bits per heavy atom. The number of primary amides is 1. The number of anilines is 1. The molecular formula is C13H20N2O3S. The zero-order valence-electron chi connectivity index (χ0n) is 11.1. The summed E-state index contributed by atoms with van der Waals surface area (Å²) in [7, 11) is -3.25. The van der Waals surface area contributed by atoms with Crippen LogP contribution in [0.1, 0.15) is 26.2 Å². The smallest absolute Gasteiger partial charge is 0.217 e. The van der Waals surface area contributed by atoms with E-state index in [0.29, 0.717) is 30.0 Å². The number of carbonyl (C=O) groups excluding carboxylic acids is 1. The molecule has 1 aromatic carbocycles. The van der Waals surface area contributed by atoms with Crippen molar-refractivity contribution in [3.05, 3.63) is 24.3 Å². The van der Waals surface area contributed by atoms with Gasteiger partial charge in [0, 0.05) is 13.0 Å². The highest BCUT2D eigenvalue weighted by Gasteiger charge is 2.16. The van der Waals surface area contributed by atoms with E-state index in [-0.39, 0.29) is 18.1 Å². The first-order chi connectivity index (χ1) is 8.97. The molecule has 0 radical (unpaired) electrons. The molecule has 0 aromatic heterocycles. The van der Waals surface area contributed by atoms with Crippen LogP contribution in [0.3, 0.4) is 0 Å². The van der Waals surface area contributed by atoms with Gasteiger partial charge in [0.2, 0.25) is 5.91 Å². The van der Waals surface area contributed by atoms with E-state index in [4.69, 9.17) is 5.73 Å². The molecule has 5 nitrogen and oxygen atoms in total. The molecule has 0 aliphatic rings. The lowest BCUT2D eigenvalue weighted by Crippen LogP contribution is -2.14. The van der Waals surface area contributed by atoms with Crippen molar-refractivity contribution in [3.8, 4) is 0 Å². The van der Waals surface area contributed by atoms with Gasteiger partial charge in [-0.2, -0.15) is 0 Å². The Morgan fingerprint density at radius 3 is 2.63 bits per heavy atom. The van der Waals surface area contributed by atoms with Crippen LogP contribution in [0.4, 0.5) is 5.69 Å². The van der Waals surface area contributed by atoms with Crippen LogP contribution in [0.15, 0.2) is 29.2 Å². The summed E-state index contributed by atoms with van der Waals surface area (Å²) in [6.07, 6.45) is 1.45. The van der Waals surface area contributed by atoms with Crippen molar-refractivity contribution in [1.82, 2.24) is 0 Å². The monoisotopic (exact) mass is 284 g/mol. The van der Waals surface area contributed by atoms with Crippen molar-refractivity contribution in [2.75, 3.05) is 17.6 Å². The van der Waals surface area contributed by atoms with Gasteiger partial charge in [-0.1, -0.05) is 19.1 Å². The third kappa shape index (κ3) is 4.90. The van der Waals surface area contributed by atoms with E-state index >= 15 is 0 Å². The van der Waals surface area contributed by atoms with Gasteiger partial charge >= 0.3 is 0 Å². The Morgan fingerprint density at radius 1 is 1.32 bits per heavy atom. The van der Waals surface area contributed by atoms with Gasteiger partial charge in [0.05, 0.1) is 16.3 Å². The Bertz CT molecular complexity index is 526. The first-order valence-electron chi connectivity index (χ1n) is 6.31. The van der Waals surface area contributed by atoms with E-state index in [0.717, 1.165) is 0 Å². The minimum Gasteiger partial charge on any atom is -0.384 e. The van der Waals surface area contributed by atoms with E-state index in [9.17, 15) is 13.2 Å². The van der Waals surface area contributed by atoms with Gasteiger partial charge in [0.15, 0.2) is 9.84 Å². The highest BCUT2D eigenvalue weighted by Crippen LogP contribution is 2.22. The van der Waals surface area contributed by atoms with E-state index < -0.39 is 9.84 Å². The molecule has 0 atom stereocenters. The zero-order valence-corrected chi connectivity index (χ0v) is 11.9. The average molecular weight is 284 g/mol. The Kier molecular flexibility index (Phi) is 5.82. The Balaban J connectivity index is 2.76. The van der Waals surface area contributed by atoms with E-state index in [1.54, 1.807) is 24.3 Å². The fraction of sp³-hybridized carbons (Fsp3) is 0.462. The molecule has 0 aliphatic carbocycles. The molecule has 3 N–H and O–H groups in total. The lowest BCUT2D eigenvalue weighted by Gasteiger charge is -2.11. The second-order valence-corrected chi connectivity index (χ2v) is 6.39. The molecule has 1 rings (SSSR count). The van der Waals surface area contributed by atoms with Crippen molar-refractivity contribution in [2.45, 2.75) is 31.1 Å². The van der Waals surface area contributed by atoms with Gasteiger partial charge in [-0.05, 0) is 25.0 Å². The predicted octanol–water partition coefficient (Wildman–Crippen LogP) is 1.55. The third-order valence-corrected chi connectivity index (χ3v) is 4.58. The quantitative estimate of drug-likeness (QED) is 0.709. The number of benzene rings is 1. The van der Waals surface area contributed by atoms with Crippen LogP contribution in [0, 0.1) is 0 Å². The van der Waals surface area contributed by atoms with Gasteiger partial charge in [-0.3, -0.25) is 4.79 Å². The SMILES string of the molecule is CCCS(=O)(=O)c1ccccc1NCCCC(N)=O. The summed E-state index contributed by atoms with van der Waals surface area (Å²) in [5.41, 5.74) is 5.63. The predicted molar refractivity (Wildman–Crippen MR) is 75.7 cm³/mol. The standard InChI is InChI=1S/C13H20N2O3S/c1-2-10-19(17,18)12-7-4-3-6-11(12)15-9-5-8-13(14)16/h3-4,6-7,15H,2,5,8-10H2,1H3,(H2,14,16). The molecule has 0 spiro atoms. The maximum absolute atomic E-state index is 12.1. The number of rotatable bonds is 8. The Hall–Kier alpha value is -1.56. The zero-order chi connectivity index (χ0) is 14.3. The number of para-hydroxylation sites is 1. The van der Waals surface area contributed by atoms with Crippen LogP contribution < -0.4 is 11.1 Å². The van der Waals surface area contributed by atoms with Crippen LogP contribution in [0.5, 0.6) is 0 Å². The molecule has 0 saturated carbocycles. The first kappa shape index (κ1) is 15.5. The minimum absolute atomic E-state index is 0.132. The average Bonchev–Trinajstić information content (AvgIpc) is 2.35. The maximum Gasteiger partial charge on any atom is 0.217 e. The first-order valence-corrected chi connectivity index (χ1v) is 7.96. The number of carbonyl (C=O) groups is 1. The fourth-order valence-corrected chi connectivity index (χ4v) is 3.27. The number of nitrogens with one attached hydrogen (secondary N) is 1. The van der Waals surface area contributed by atoms with Crippen molar-refractivity contribution in [1.29, 1.82) is 0 Å². The highest BCUT2D eigenvalue weighted by molar-refractivity contribution is 7.91. The second kappa shape index (κ2) is 7.13. The van der Waals surface area contributed by atoms with Crippen molar-refractivity contribution >= 4 is 21.4 Å². The molecule has 1 amide bonds. The van der Waals surface area contributed by atoms with Gasteiger partial charge in [-0.25, -0.2) is 8.42 Å². The molecule has 0 aliphatic heterocycles. The van der Waals surface area contributed by atoms with E-state index in [1.807, 2.05) is 6.92 Å². The highest BCUT2D eigenvalue weighted by atomic mass is 32.2. The summed E-state index contributed by atoms with van der Waals surface area (Å²) in [6, 6.07) is 6.81. The van der Waals surface area contributed by atoms with Gasteiger partial charge in [0.25, 0.3) is 0 Å². The molecule has 0 heterocycles. The van der Waals surface area contributed by atoms with Crippen LogP contribution >= 0.6 is 0 Å². The van der Waals surface area contributed by atoms with Crippen LogP contribution in [0.25, 0.3) is 0 Å². The van der Waals surface area contributed by atoms with Gasteiger partial charge in [0.1, 0.15) is 0 Å². The number of hydrogen-bond acceptors (Lipinski definition) is 4. The lowest BCUT2D eigenvalue weighted by molar-refractivity contribution is -0.118. The largest absolute Gasteiger partial charge is 0.384 e. The molecule has 19 heavy (non-hydrogen) atoms. The van der Waals surface area contributed by atoms with Crippen molar-refractivity contribution in [2.24, 2.45) is 5.73 Å². The summed E-state index contributed by atoms with van der Waals surface area (Å²) in [4.78, 5) is 10.9. The molecule has 106 valence electrons. The molecular weight excluding hydrogens is 264 g/mol. The van der Waals surface area contributed by atoms with Crippen LogP contribution in [0.2, 0.25) is 0 Å². The molecule has 0 bridgehead atoms. The topological polar surface area (TPSA) is 89.3 Å². The number of amides is 1. The van der Waals surface area contributed by atoms with Gasteiger partial charge < -0.3 is 11.1 Å². The second-order valence-electron chi connectivity index (χ2n) is 4.31. The Labute approximate surface area is 114 Å². The van der Waals surface area contributed by atoms with Crippen LogP contribution in [-0.2, 0) is 14.6 Å². The molecule has 0 saturated heterocycles. The molecule has 1 aromatic rings. The lowest BCUT2D eigenvalue weighted by atomic mass is 10.2. The van der Waals surface area contributed by atoms with E-state index in [2.05, 4.69) is 5.32 Å². The fourth-order valence-electron chi connectivity index (χ4n) is 1.75. The number of nitrogens with two attached hydrogens (primary N) is 1. The van der Waals surface area contributed by atoms with Crippen molar-refractivity contribution in [3.63, 3.8) is 0 Å². The molecule has 0 fully saturated rings. The summed E-state index contributed by atoms with van der Waals surface area (Å²) < 4.78 is 24.2.